The normalized spacial score (nSPS) is 12.7. The summed E-state index contributed by atoms with van der Waals surface area (Å²) in [5, 5.41) is 3.36. The van der Waals surface area contributed by atoms with Crippen molar-refractivity contribution in [3.63, 3.8) is 0 Å². The highest BCUT2D eigenvalue weighted by atomic mass is 32.1. The lowest BCUT2D eigenvalue weighted by atomic mass is 10.1. The Morgan fingerprint density at radius 1 is 1.36 bits per heavy atom. The lowest BCUT2D eigenvalue weighted by molar-refractivity contribution is 0.518. The molecule has 0 spiro atoms. The van der Waals surface area contributed by atoms with E-state index in [4.69, 9.17) is 10.2 Å². The van der Waals surface area contributed by atoms with Crippen LogP contribution >= 0.6 is 11.3 Å². The molecule has 0 aliphatic rings. The first-order valence-corrected chi connectivity index (χ1v) is 8.14. The van der Waals surface area contributed by atoms with Crippen LogP contribution in [-0.2, 0) is 13.0 Å². The van der Waals surface area contributed by atoms with Crippen LogP contribution in [-0.4, -0.2) is 16.0 Å². The van der Waals surface area contributed by atoms with Crippen molar-refractivity contribution >= 4 is 27.4 Å². The molecule has 1 unspecified atom stereocenters. The molecule has 5 nitrogen and oxygen atoms in total. The summed E-state index contributed by atoms with van der Waals surface area (Å²) in [4.78, 5) is 10.4. The van der Waals surface area contributed by atoms with Crippen LogP contribution in [0.2, 0.25) is 0 Å². The highest BCUT2D eigenvalue weighted by Gasteiger charge is 2.16. The van der Waals surface area contributed by atoms with Gasteiger partial charge in [-0.25, -0.2) is 9.97 Å². The predicted octanol–water partition coefficient (Wildman–Crippen LogP) is 3.40. The third-order valence-electron chi connectivity index (χ3n) is 3.49. The van der Waals surface area contributed by atoms with Crippen LogP contribution in [0.1, 0.15) is 28.9 Å². The second-order valence-electron chi connectivity index (χ2n) is 5.56. The monoisotopic (exact) mass is 316 g/mol. The molecular weight excluding hydrogens is 296 g/mol. The topological polar surface area (TPSA) is 77.0 Å². The van der Waals surface area contributed by atoms with Crippen LogP contribution in [0.3, 0.4) is 0 Å². The number of thiophene rings is 1. The first-order chi connectivity index (χ1) is 10.5. The zero-order valence-corrected chi connectivity index (χ0v) is 13.8. The number of aromatic nitrogens is 2. The largest absolute Gasteiger partial charge is 0.467 e. The summed E-state index contributed by atoms with van der Waals surface area (Å²) in [5.74, 6) is 2.51. The maximum atomic E-state index is 5.95. The lowest BCUT2D eigenvalue weighted by Crippen LogP contribution is -2.17. The number of anilines is 1. The van der Waals surface area contributed by atoms with Crippen molar-refractivity contribution in [3.8, 4) is 0 Å². The van der Waals surface area contributed by atoms with E-state index in [1.165, 1.54) is 10.4 Å². The van der Waals surface area contributed by atoms with Crippen molar-refractivity contribution in [2.75, 3.05) is 5.32 Å². The Labute approximate surface area is 133 Å². The quantitative estimate of drug-likeness (QED) is 0.754. The van der Waals surface area contributed by atoms with Gasteiger partial charge < -0.3 is 15.5 Å². The molecule has 0 aliphatic heterocycles. The molecule has 3 aromatic rings. The Balaban J connectivity index is 1.98. The summed E-state index contributed by atoms with van der Waals surface area (Å²) in [5.41, 5.74) is 8.18. The lowest BCUT2D eigenvalue weighted by Gasteiger charge is -2.06. The van der Waals surface area contributed by atoms with Crippen molar-refractivity contribution in [1.82, 2.24) is 9.97 Å². The zero-order valence-electron chi connectivity index (χ0n) is 13.0. The number of fused-ring (bicyclic) bond motifs is 1. The van der Waals surface area contributed by atoms with Gasteiger partial charge in [-0.05, 0) is 44.9 Å². The summed E-state index contributed by atoms with van der Waals surface area (Å²) in [6.45, 7) is 6.66. The van der Waals surface area contributed by atoms with E-state index in [1.807, 2.05) is 26.0 Å². The van der Waals surface area contributed by atoms with Crippen molar-refractivity contribution in [2.24, 2.45) is 5.73 Å². The smallest absolute Gasteiger partial charge is 0.148 e. The number of furan rings is 1. The number of aryl methyl sites for hydroxylation is 2. The average molecular weight is 316 g/mol. The third kappa shape index (κ3) is 2.98. The molecule has 0 aromatic carbocycles. The number of hydrogen-bond donors (Lipinski definition) is 2. The van der Waals surface area contributed by atoms with Gasteiger partial charge >= 0.3 is 0 Å². The number of rotatable bonds is 5. The Morgan fingerprint density at radius 2 is 2.18 bits per heavy atom. The number of nitrogens with one attached hydrogen (secondary N) is 1. The third-order valence-corrected chi connectivity index (χ3v) is 4.80. The van der Waals surface area contributed by atoms with Crippen LogP contribution in [0.5, 0.6) is 0 Å². The van der Waals surface area contributed by atoms with Gasteiger partial charge in [-0.15, -0.1) is 11.3 Å². The minimum Gasteiger partial charge on any atom is -0.467 e. The minimum absolute atomic E-state index is 0.139. The predicted molar refractivity (Wildman–Crippen MR) is 90.3 cm³/mol. The van der Waals surface area contributed by atoms with Gasteiger partial charge in [-0.2, -0.15) is 0 Å². The molecule has 0 amide bonds. The summed E-state index contributed by atoms with van der Waals surface area (Å²) in [6.07, 6.45) is 2.54. The van der Waals surface area contributed by atoms with Gasteiger partial charge in [-0.3, -0.25) is 0 Å². The molecule has 0 aliphatic carbocycles. The molecular formula is C16H20N4OS. The van der Waals surface area contributed by atoms with Gasteiger partial charge in [-0.1, -0.05) is 0 Å². The SMILES string of the molecule is Cc1nc(NCc2ccco2)c2sc(CC(C)N)c(C)c2n1. The van der Waals surface area contributed by atoms with Crippen LogP contribution in [0, 0.1) is 13.8 Å². The molecule has 0 fully saturated rings. The van der Waals surface area contributed by atoms with E-state index in [-0.39, 0.29) is 6.04 Å². The van der Waals surface area contributed by atoms with E-state index in [1.54, 1.807) is 17.6 Å². The standard InChI is InChI=1S/C16H20N4OS/c1-9(17)7-13-10(2)14-15(22-13)16(20-11(3)19-14)18-8-12-5-4-6-21-12/h4-6,9H,7-8,17H2,1-3H3,(H,18,19,20). The summed E-state index contributed by atoms with van der Waals surface area (Å²) in [7, 11) is 0. The molecule has 116 valence electrons. The van der Waals surface area contributed by atoms with Gasteiger partial charge in [0.25, 0.3) is 0 Å². The van der Waals surface area contributed by atoms with Gasteiger partial charge in [0.15, 0.2) is 0 Å². The van der Waals surface area contributed by atoms with Crippen LogP contribution in [0.15, 0.2) is 22.8 Å². The highest BCUT2D eigenvalue weighted by Crippen LogP contribution is 2.34. The fourth-order valence-electron chi connectivity index (χ4n) is 2.44. The van der Waals surface area contributed by atoms with Crippen molar-refractivity contribution < 1.29 is 4.42 Å². The van der Waals surface area contributed by atoms with Gasteiger partial charge in [0.05, 0.1) is 23.0 Å². The fourth-order valence-corrected chi connectivity index (χ4v) is 3.79. The molecule has 3 N–H and O–H groups in total. The van der Waals surface area contributed by atoms with Gasteiger partial charge in [0, 0.05) is 10.9 Å². The van der Waals surface area contributed by atoms with Crippen LogP contribution in [0.4, 0.5) is 5.82 Å². The van der Waals surface area contributed by atoms with E-state index in [0.717, 1.165) is 34.0 Å². The molecule has 22 heavy (non-hydrogen) atoms. The average Bonchev–Trinajstić information content (AvgIpc) is 3.07. The molecule has 0 saturated heterocycles. The van der Waals surface area contributed by atoms with Crippen LogP contribution in [0.25, 0.3) is 10.2 Å². The Bertz CT molecular complexity index is 777. The van der Waals surface area contributed by atoms with E-state index >= 15 is 0 Å². The van der Waals surface area contributed by atoms with Crippen molar-refractivity contribution in [3.05, 3.63) is 40.4 Å². The molecule has 3 aromatic heterocycles. The first kappa shape index (κ1) is 15.0. The van der Waals surface area contributed by atoms with Gasteiger partial charge in [0.2, 0.25) is 0 Å². The maximum absolute atomic E-state index is 5.95. The van der Waals surface area contributed by atoms with E-state index < -0.39 is 0 Å². The molecule has 3 rings (SSSR count). The molecule has 0 saturated carbocycles. The minimum atomic E-state index is 0.139. The number of nitrogens with two attached hydrogens (primary N) is 1. The molecule has 3 heterocycles. The Morgan fingerprint density at radius 3 is 2.86 bits per heavy atom. The van der Waals surface area contributed by atoms with E-state index in [2.05, 4.69) is 22.2 Å². The molecule has 6 heteroatoms. The maximum Gasteiger partial charge on any atom is 0.148 e. The van der Waals surface area contributed by atoms with E-state index in [0.29, 0.717) is 6.54 Å². The van der Waals surface area contributed by atoms with Crippen molar-refractivity contribution in [2.45, 2.75) is 39.8 Å². The molecule has 0 radical (unpaired) electrons. The summed E-state index contributed by atoms with van der Waals surface area (Å²) < 4.78 is 6.45. The summed E-state index contributed by atoms with van der Waals surface area (Å²) in [6, 6.07) is 3.97. The summed E-state index contributed by atoms with van der Waals surface area (Å²) >= 11 is 1.73. The van der Waals surface area contributed by atoms with Crippen molar-refractivity contribution in [1.29, 1.82) is 0 Å². The van der Waals surface area contributed by atoms with Gasteiger partial charge in [0.1, 0.15) is 17.4 Å². The second-order valence-corrected chi connectivity index (χ2v) is 6.67. The first-order valence-electron chi connectivity index (χ1n) is 7.33. The Kier molecular flexibility index (Phi) is 4.13. The molecule has 1 atom stereocenters. The number of hydrogen-bond acceptors (Lipinski definition) is 6. The van der Waals surface area contributed by atoms with Crippen LogP contribution < -0.4 is 11.1 Å². The highest BCUT2D eigenvalue weighted by molar-refractivity contribution is 7.19. The zero-order chi connectivity index (χ0) is 15.7. The Hall–Kier alpha value is -1.92. The second kappa shape index (κ2) is 6.06. The fraction of sp³-hybridized carbons (Fsp3) is 0.375. The molecule has 0 bridgehead atoms. The van der Waals surface area contributed by atoms with E-state index in [9.17, 15) is 0 Å². The number of nitrogens with zero attached hydrogens (tertiary/aromatic N) is 2.